The average Bonchev–Trinajstić information content (AvgIpc) is 3.02. The lowest BCUT2D eigenvalue weighted by molar-refractivity contribution is 0.601. The molecule has 8 heteroatoms. The van der Waals surface area contributed by atoms with Gasteiger partial charge in [0, 0.05) is 26.2 Å². The second-order valence-electron chi connectivity index (χ2n) is 6.62. The molecule has 0 aliphatic rings. The van der Waals surface area contributed by atoms with E-state index in [0.29, 0.717) is 18.1 Å². The van der Waals surface area contributed by atoms with Crippen molar-refractivity contribution in [2.24, 2.45) is 14.1 Å². The molecule has 0 bridgehead atoms. The highest BCUT2D eigenvalue weighted by Crippen LogP contribution is 2.19. The standard InChI is InChI=1S/C19H24FN5O2/c1-4-5-8-11-21-18-22-16-15(17(26)24(3)19(27)23(16)2)25(18)12-13-9-6-7-10-14(13)20/h6-7,9-10H,4-5,8,11-12H2,1-3H3,(H,21,22). The Morgan fingerprint density at radius 3 is 2.56 bits per heavy atom. The molecule has 0 aliphatic heterocycles. The van der Waals surface area contributed by atoms with Crippen molar-refractivity contribution in [3.05, 3.63) is 56.5 Å². The summed E-state index contributed by atoms with van der Waals surface area (Å²) >= 11 is 0. The van der Waals surface area contributed by atoms with Gasteiger partial charge in [-0.15, -0.1) is 0 Å². The number of unbranched alkanes of at least 4 members (excludes halogenated alkanes) is 2. The number of hydrogen-bond acceptors (Lipinski definition) is 4. The van der Waals surface area contributed by atoms with Crippen LogP contribution < -0.4 is 16.6 Å². The van der Waals surface area contributed by atoms with Gasteiger partial charge in [-0.2, -0.15) is 4.98 Å². The van der Waals surface area contributed by atoms with Gasteiger partial charge in [0.05, 0.1) is 6.54 Å². The minimum atomic E-state index is -0.446. The smallest absolute Gasteiger partial charge is 0.332 e. The van der Waals surface area contributed by atoms with Gasteiger partial charge in [0.1, 0.15) is 5.82 Å². The van der Waals surface area contributed by atoms with Crippen LogP contribution in [-0.2, 0) is 20.6 Å². The Kier molecular flexibility index (Phi) is 5.43. The Morgan fingerprint density at radius 1 is 1.11 bits per heavy atom. The molecule has 0 saturated carbocycles. The summed E-state index contributed by atoms with van der Waals surface area (Å²) in [5, 5.41) is 3.24. The fourth-order valence-corrected chi connectivity index (χ4v) is 3.11. The zero-order valence-corrected chi connectivity index (χ0v) is 15.8. The number of halogens is 1. The quantitative estimate of drug-likeness (QED) is 0.645. The predicted octanol–water partition coefficient (Wildman–Crippen LogP) is 2.22. The molecule has 0 saturated heterocycles. The molecule has 0 unspecified atom stereocenters. The fraction of sp³-hybridized carbons (Fsp3) is 0.421. The van der Waals surface area contributed by atoms with Gasteiger partial charge in [-0.25, -0.2) is 9.18 Å². The molecule has 0 spiro atoms. The van der Waals surface area contributed by atoms with E-state index in [1.165, 1.54) is 17.7 Å². The molecular formula is C19H24FN5O2. The van der Waals surface area contributed by atoms with E-state index >= 15 is 0 Å². The molecule has 144 valence electrons. The molecule has 2 aromatic heterocycles. The number of hydrogen-bond donors (Lipinski definition) is 1. The van der Waals surface area contributed by atoms with Crippen LogP contribution in [0.15, 0.2) is 33.9 Å². The molecule has 0 atom stereocenters. The molecule has 1 aromatic carbocycles. The summed E-state index contributed by atoms with van der Waals surface area (Å²) in [6.07, 6.45) is 3.11. The Morgan fingerprint density at radius 2 is 1.85 bits per heavy atom. The van der Waals surface area contributed by atoms with Crippen LogP contribution in [0.4, 0.5) is 10.3 Å². The maximum Gasteiger partial charge on any atom is 0.332 e. The molecule has 0 aliphatic carbocycles. The van der Waals surface area contributed by atoms with Crippen molar-refractivity contribution in [2.45, 2.75) is 32.7 Å². The van der Waals surface area contributed by atoms with Gasteiger partial charge in [-0.1, -0.05) is 38.0 Å². The zero-order valence-electron chi connectivity index (χ0n) is 15.8. The van der Waals surface area contributed by atoms with Gasteiger partial charge in [0.15, 0.2) is 11.2 Å². The van der Waals surface area contributed by atoms with Crippen molar-refractivity contribution in [2.75, 3.05) is 11.9 Å². The average molecular weight is 373 g/mol. The van der Waals surface area contributed by atoms with E-state index in [1.807, 2.05) is 0 Å². The lowest BCUT2D eigenvalue weighted by atomic mass is 10.2. The lowest BCUT2D eigenvalue weighted by Gasteiger charge is -2.11. The molecule has 3 aromatic rings. The van der Waals surface area contributed by atoms with Crippen LogP contribution in [0.3, 0.4) is 0 Å². The monoisotopic (exact) mass is 373 g/mol. The van der Waals surface area contributed by atoms with Crippen molar-refractivity contribution in [1.82, 2.24) is 18.7 Å². The van der Waals surface area contributed by atoms with E-state index in [1.54, 1.807) is 29.8 Å². The van der Waals surface area contributed by atoms with E-state index in [-0.39, 0.29) is 23.5 Å². The van der Waals surface area contributed by atoms with E-state index in [0.717, 1.165) is 23.8 Å². The van der Waals surface area contributed by atoms with Gasteiger partial charge in [0.2, 0.25) is 5.95 Å². The third-order valence-electron chi connectivity index (χ3n) is 4.70. The number of fused-ring (bicyclic) bond motifs is 1. The Hall–Kier alpha value is -2.90. The number of nitrogens with one attached hydrogen (secondary N) is 1. The van der Waals surface area contributed by atoms with Crippen molar-refractivity contribution < 1.29 is 4.39 Å². The second kappa shape index (κ2) is 7.77. The van der Waals surface area contributed by atoms with Gasteiger partial charge in [-0.3, -0.25) is 18.5 Å². The summed E-state index contributed by atoms with van der Waals surface area (Å²) < 4.78 is 18.2. The largest absolute Gasteiger partial charge is 0.356 e. The number of imidazole rings is 1. The van der Waals surface area contributed by atoms with Gasteiger partial charge in [-0.05, 0) is 12.5 Å². The highest BCUT2D eigenvalue weighted by atomic mass is 19.1. The third-order valence-corrected chi connectivity index (χ3v) is 4.70. The molecule has 27 heavy (non-hydrogen) atoms. The minimum absolute atomic E-state index is 0.146. The highest BCUT2D eigenvalue weighted by molar-refractivity contribution is 5.74. The first-order chi connectivity index (χ1) is 13.0. The fourth-order valence-electron chi connectivity index (χ4n) is 3.11. The van der Waals surface area contributed by atoms with Crippen LogP contribution in [0.1, 0.15) is 31.7 Å². The molecule has 7 nitrogen and oxygen atoms in total. The van der Waals surface area contributed by atoms with E-state index < -0.39 is 11.2 Å². The predicted molar refractivity (Wildman–Crippen MR) is 104 cm³/mol. The van der Waals surface area contributed by atoms with Gasteiger partial charge in [0.25, 0.3) is 5.56 Å². The lowest BCUT2D eigenvalue weighted by Crippen LogP contribution is -2.37. The van der Waals surface area contributed by atoms with Crippen LogP contribution in [0, 0.1) is 5.82 Å². The summed E-state index contributed by atoms with van der Waals surface area (Å²) in [6, 6.07) is 6.43. The first-order valence-corrected chi connectivity index (χ1v) is 9.09. The minimum Gasteiger partial charge on any atom is -0.356 e. The van der Waals surface area contributed by atoms with Crippen molar-refractivity contribution in [3.8, 4) is 0 Å². The maximum absolute atomic E-state index is 14.2. The van der Waals surface area contributed by atoms with Crippen molar-refractivity contribution in [1.29, 1.82) is 0 Å². The number of aryl methyl sites for hydroxylation is 1. The number of benzene rings is 1. The Balaban J connectivity index is 2.16. The summed E-state index contributed by atoms with van der Waals surface area (Å²) in [4.78, 5) is 29.5. The maximum atomic E-state index is 14.2. The van der Waals surface area contributed by atoms with Crippen LogP contribution in [0.5, 0.6) is 0 Å². The SMILES string of the molecule is CCCCCNc1nc2c(c(=O)n(C)c(=O)n2C)n1Cc1ccccc1F. The van der Waals surface area contributed by atoms with E-state index in [2.05, 4.69) is 17.2 Å². The van der Waals surface area contributed by atoms with Gasteiger partial charge < -0.3 is 5.32 Å². The summed E-state index contributed by atoms with van der Waals surface area (Å²) in [5.41, 5.74) is 0.127. The molecule has 1 N–H and O–H groups in total. The number of rotatable bonds is 7. The number of nitrogens with zero attached hydrogens (tertiary/aromatic N) is 4. The molecule has 0 radical (unpaired) electrons. The summed E-state index contributed by atoms with van der Waals surface area (Å²) in [7, 11) is 3.00. The van der Waals surface area contributed by atoms with Crippen LogP contribution >= 0.6 is 0 Å². The highest BCUT2D eigenvalue weighted by Gasteiger charge is 2.19. The molecular weight excluding hydrogens is 349 g/mol. The number of aromatic nitrogens is 4. The first-order valence-electron chi connectivity index (χ1n) is 9.09. The van der Waals surface area contributed by atoms with E-state index in [9.17, 15) is 14.0 Å². The van der Waals surface area contributed by atoms with Crippen LogP contribution in [-0.4, -0.2) is 25.2 Å². The van der Waals surface area contributed by atoms with E-state index in [4.69, 9.17) is 0 Å². The van der Waals surface area contributed by atoms with Crippen LogP contribution in [0.25, 0.3) is 11.2 Å². The Labute approximate surface area is 156 Å². The Bertz CT molecular complexity index is 1080. The first kappa shape index (κ1) is 18.9. The molecule has 0 fully saturated rings. The zero-order chi connectivity index (χ0) is 19.6. The molecule has 2 heterocycles. The second-order valence-corrected chi connectivity index (χ2v) is 6.62. The summed E-state index contributed by atoms with van der Waals surface area (Å²) in [5.74, 6) is 0.112. The van der Waals surface area contributed by atoms with Gasteiger partial charge >= 0.3 is 5.69 Å². The van der Waals surface area contributed by atoms with Crippen molar-refractivity contribution >= 4 is 17.1 Å². The molecule has 0 amide bonds. The summed E-state index contributed by atoms with van der Waals surface area (Å²) in [6.45, 7) is 2.95. The van der Waals surface area contributed by atoms with Crippen molar-refractivity contribution in [3.63, 3.8) is 0 Å². The number of anilines is 1. The topological polar surface area (TPSA) is 73.8 Å². The normalized spacial score (nSPS) is 11.3. The van der Waals surface area contributed by atoms with Crippen LogP contribution in [0.2, 0.25) is 0 Å². The molecule has 3 rings (SSSR count). The third kappa shape index (κ3) is 3.51.